The summed E-state index contributed by atoms with van der Waals surface area (Å²) < 4.78 is 12.0. The van der Waals surface area contributed by atoms with Gasteiger partial charge in [-0.1, -0.05) is 60.2 Å². The van der Waals surface area contributed by atoms with Crippen LogP contribution in [-0.4, -0.2) is 92.4 Å². The molecule has 0 radical (unpaired) electrons. The fourth-order valence-electron chi connectivity index (χ4n) is 5.00. The molecule has 11 nitrogen and oxygen atoms in total. The molecule has 1 fully saturated rings. The summed E-state index contributed by atoms with van der Waals surface area (Å²) in [5, 5.41) is 11.4. The van der Waals surface area contributed by atoms with Crippen LogP contribution >= 0.6 is 7.60 Å². The first-order chi connectivity index (χ1) is 20.5. The van der Waals surface area contributed by atoms with Crippen molar-refractivity contribution in [3.05, 3.63) is 78.0 Å². The topological polar surface area (TPSA) is 160 Å². The Kier molecular flexibility index (Phi) is 10.8. The van der Waals surface area contributed by atoms with Crippen LogP contribution in [0.4, 0.5) is 0 Å². The number of nitrogens with zero attached hydrogens (tertiary/aromatic N) is 3. The van der Waals surface area contributed by atoms with Gasteiger partial charge < -0.3 is 25.1 Å². The number of aryl methyl sites for hydroxylation is 1. The Labute approximate surface area is 250 Å². The molecular weight excluding hydrogens is 571 g/mol. The summed E-state index contributed by atoms with van der Waals surface area (Å²) in [5.74, 6) is -2.11. The lowest BCUT2D eigenvalue weighted by Gasteiger charge is -2.36. The van der Waals surface area contributed by atoms with Crippen molar-refractivity contribution in [1.82, 2.24) is 20.1 Å². The Morgan fingerprint density at radius 3 is 2.21 bits per heavy atom. The lowest BCUT2D eigenvalue weighted by Crippen LogP contribution is -2.56. The normalized spacial score (nSPS) is 14.7. The van der Waals surface area contributed by atoms with E-state index in [1.165, 1.54) is 4.90 Å². The zero-order valence-electron chi connectivity index (χ0n) is 24.1. The Balaban J connectivity index is 1.52. The Bertz CT molecular complexity index is 1470. The third-order valence-electron chi connectivity index (χ3n) is 7.34. The van der Waals surface area contributed by atoms with Gasteiger partial charge in [0.05, 0.1) is 11.9 Å². The number of carboxylic acid groups (broad SMARTS) is 1. The van der Waals surface area contributed by atoms with E-state index in [9.17, 15) is 28.7 Å². The summed E-state index contributed by atoms with van der Waals surface area (Å²) >= 11 is 0. The largest absolute Gasteiger partial charge is 0.481 e. The van der Waals surface area contributed by atoms with Crippen LogP contribution in [0.15, 0.2) is 66.7 Å². The van der Waals surface area contributed by atoms with E-state index in [4.69, 9.17) is 5.11 Å². The van der Waals surface area contributed by atoms with E-state index in [1.807, 2.05) is 67.6 Å². The maximum Gasteiger partial charge on any atom is 0.328 e. The van der Waals surface area contributed by atoms with Gasteiger partial charge in [0, 0.05) is 38.2 Å². The maximum atomic E-state index is 13.5. The zero-order chi connectivity index (χ0) is 31.0. The fourth-order valence-corrected chi connectivity index (χ4v) is 5.72. The average molecular weight is 609 g/mol. The molecule has 0 aliphatic carbocycles. The van der Waals surface area contributed by atoms with Crippen molar-refractivity contribution in [1.29, 1.82) is 0 Å². The van der Waals surface area contributed by atoms with Crippen molar-refractivity contribution in [3.63, 3.8) is 0 Å². The van der Waals surface area contributed by atoms with Crippen LogP contribution in [0.1, 0.15) is 35.3 Å². The number of hydrogen-bond donors (Lipinski definition) is 4. The van der Waals surface area contributed by atoms with Crippen molar-refractivity contribution in [3.8, 4) is 22.4 Å². The standard InChI is InChI=1S/C31H37N4O7P/c1-22-10-12-24(13-11-22)26-19-25(23-7-3-2-4-8-23)20-27(32-26)30(38)33-28(21-43(40,41)42)31(39)35-17-15-34(16-18-35)14-6-5-9-29(36)37/h2-4,7-8,10-13,19-20,28H,5-6,9,14-18,21H2,1H3,(H,33,38)(H,36,37)(H2,40,41,42)/t28-/m0/s1. The Morgan fingerprint density at radius 2 is 1.58 bits per heavy atom. The van der Waals surface area contributed by atoms with Crippen molar-refractivity contribution >= 4 is 25.4 Å². The van der Waals surface area contributed by atoms with Crippen LogP contribution in [0.3, 0.4) is 0 Å². The minimum absolute atomic E-state index is 0.0200. The SMILES string of the molecule is Cc1ccc(-c2cc(-c3ccccc3)cc(C(=O)N[C@@H](CP(=O)(O)O)C(=O)N3CCN(CCCCC(=O)O)CC3)n2)cc1. The molecule has 2 amide bonds. The fraction of sp³-hybridized carbons (Fsp3) is 0.355. The predicted molar refractivity (Wildman–Crippen MR) is 163 cm³/mol. The van der Waals surface area contributed by atoms with E-state index in [1.54, 1.807) is 6.07 Å². The van der Waals surface area contributed by atoms with Gasteiger partial charge in [0.15, 0.2) is 0 Å². The number of piperazine rings is 1. The van der Waals surface area contributed by atoms with Gasteiger partial charge in [0.2, 0.25) is 5.91 Å². The summed E-state index contributed by atoms with van der Waals surface area (Å²) in [7, 11) is -4.67. The van der Waals surface area contributed by atoms with Crippen molar-refractivity contribution in [2.75, 3.05) is 38.9 Å². The molecule has 0 unspecified atom stereocenters. The molecule has 0 bridgehead atoms. The molecule has 3 aromatic rings. The van der Waals surface area contributed by atoms with Crippen molar-refractivity contribution < 1.29 is 33.8 Å². The maximum absolute atomic E-state index is 13.5. The molecule has 2 aromatic carbocycles. The third kappa shape index (κ3) is 9.56. The molecule has 228 valence electrons. The highest BCUT2D eigenvalue weighted by Crippen LogP contribution is 2.35. The molecule has 1 aliphatic heterocycles. The molecule has 4 N–H and O–H groups in total. The molecule has 1 aromatic heterocycles. The van der Waals surface area contributed by atoms with Gasteiger partial charge in [-0.25, -0.2) is 4.98 Å². The van der Waals surface area contributed by atoms with Gasteiger partial charge in [-0.3, -0.25) is 23.8 Å². The van der Waals surface area contributed by atoms with Crippen LogP contribution in [0.2, 0.25) is 0 Å². The summed E-state index contributed by atoms with van der Waals surface area (Å²) in [6, 6.07) is 19.2. The number of rotatable bonds is 12. The number of carbonyl (C=O) groups is 3. The number of amides is 2. The number of pyridine rings is 1. The van der Waals surface area contributed by atoms with Gasteiger partial charge in [-0.05, 0) is 49.6 Å². The van der Waals surface area contributed by atoms with E-state index >= 15 is 0 Å². The lowest BCUT2D eigenvalue weighted by atomic mass is 10.0. The zero-order valence-corrected chi connectivity index (χ0v) is 25.0. The Morgan fingerprint density at radius 1 is 0.907 bits per heavy atom. The molecule has 1 atom stereocenters. The summed E-state index contributed by atoms with van der Waals surface area (Å²) in [6.07, 6.45) is 0.556. The number of aromatic nitrogens is 1. The molecule has 0 spiro atoms. The summed E-state index contributed by atoms with van der Waals surface area (Å²) in [6.45, 7) is 4.39. The molecule has 12 heteroatoms. The Hall–Kier alpha value is -3.89. The van der Waals surface area contributed by atoms with E-state index in [0.717, 1.165) is 28.7 Å². The third-order valence-corrected chi connectivity index (χ3v) is 8.18. The highest BCUT2D eigenvalue weighted by molar-refractivity contribution is 7.51. The van der Waals surface area contributed by atoms with Crippen LogP contribution in [0.25, 0.3) is 22.4 Å². The number of aliphatic carboxylic acids is 1. The predicted octanol–water partition coefficient (Wildman–Crippen LogP) is 3.40. The first kappa shape index (κ1) is 32.0. The minimum atomic E-state index is -4.67. The lowest BCUT2D eigenvalue weighted by molar-refractivity contribution is -0.137. The first-order valence-corrected chi connectivity index (χ1v) is 16.0. The number of carbonyl (C=O) groups excluding carboxylic acids is 2. The first-order valence-electron chi connectivity index (χ1n) is 14.2. The molecule has 1 saturated heterocycles. The monoisotopic (exact) mass is 608 g/mol. The summed E-state index contributed by atoms with van der Waals surface area (Å²) in [4.78, 5) is 65.4. The average Bonchev–Trinajstić information content (AvgIpc) is 2.98. The van der Waals surface area contributed by atoms with Crippen LogP contribution in [0.5, 0.6) is 0 Å². The quantitative estimate of drug-likeness (QED) is 0.178. The molecule has 1 aliphatic rings. The smallest absolute Gasteiger partial charge is 0.328 e. The molecular formula is C31H37N4O7P. The van der Waals surface area contributed by atoms with E-state index in [2.05, 4.69) is 15.2 Å². The molecule has 0 saturated carbocycles. The van der Waals surface area contributed by atoms with E-state index < -0.39 is 37.6 Å². The number of nitrogens with one attached hydrogen (secondary N) is 1. The number of unbranched alkanes of at least 4 members (excludes halogenated alkanes) is 1. The van der Waals surface area contributed by atoms with Crippen LogP contribution in [0, 0.1) is 6.92 Å². The van der Waals surface area contributed by atoms with E-state index in [-0.39, 0.29) is 12.1 Å². The van der Waals surface area contributed by atoms with Gasteiger partial charge >= 0.3 is 13.6 Å². The van der Waals surface area contributed by atoms with Crippen molar-refractivity contribution in [2.45, 2.75) is 32.2 Å². The summed E-state index contributed by atoms with van der Waals surface area (Å²) in [5.41, 5.74) is 4.01. The second kappa shape index (κ2) is 14.5. The molecule has 2 heterocycles. The van der Waals surface area contributed by atoms with Crippen LogP contribution in [-0.2, 0) is 14.2 Å². The van der Waals surface area contributed by atoms with Crippen LogP contribution < -0.4 is 5.32 Å². The van der Waals surface area contributed by atoms with Gasteiger partial charge in [0.1, 0.15) is 11.7 Å². The minimum Gasteiger partial charge on any atom is -0.481 e. The van der Waals surface area contributed by atoms with Crippen molar-refractivity contribution in [2.24, 2.45) is 0 Å². The number of benzene rings is 2. The van der Waals surface area contributed by atoms with Gasteiger partial charge in [-0.2, -0.15) is 0 Å². The van der Waals surface area contributed by atoms with Gasteiger partial charge in [0.25, 0.3) is 5.91 Å². The number of carboxylic acids is 1. The second-order valence-electron chi connectivity index (χ2n) is 10.7. The molecule has 43 heavy (non-hydrogen) atoms. The van der Waals surface area contributed by atoms with Gasteiger partial charge in [-0.15, -0.1) is 0 Å². The molecule has 4 rings (SSSR count). The highest BCUT2D eigenvalue weighted by atomic mass is 31.2. The van der Waals surface area contributed by atoms with E-state index in [0.29, 0.717) is 44.8 Å². The number of hydrogen-bond acceptors (Lipinski definition) is 6. The highest BCUT2D eigenvalue weighted by Gasteiger charge is 2.34. The second-order valence-corrected chi connectivity index (χ2v) is 12.4.